The number of anilines is 1. The molecule has 26 heavy (non-hydrogen) atoms. The largest absolute Gasteiger partial charge is 0.486 e. The molecule has 0 fully saturated rings. The van der Waals surface area contributed by atoms with Crippen molar-refractivity contribution in [2.45, 2.75) is 25.4 Å². The van der Waals surface area contributed by atoms with Gasteiger partial charge in [-0.3, -0.25) is 4.79 Å². The number of fused-ring (bicyclic) bond motifs is 1. The number of halogens is 3. The van der Waals surface area contributed by atoms with Gasteiger partial charge in [0.1, 0.15) is 13.2 Å². The Labute approximate surface area is 148 Å². The number of carbonyl (C=O) groups excluding carboxylic acids is 1. The number of amides is 1. The van der Waals surface area contributed by atoms with Crippen LogP contribution in [0.5, 0.6) is 11.5 Å². The molecule has 1 aliphatic heterocycles. The van der Waals surface area contributed by atoms with Crippen LogP contribution in [0.2, 0.25) is 0 Å². The van der Waals surface area contributed by atoms with Gasteiger partial charge in [0.2, 0.25) is 5.91 Å². The van der Waals surface area contributed by atoms with Crippen LogP contribution in [0.4, 0.5) is 18.9 Å². The second kappa shape index (κ2) is 6.55. The zero-order chi connectivity index (χ0) is 18.9. The van der Waals surface area contributed by atoms with Crippen LogP contribution in [-0.4, -0.2) is 19.1 Å². The van der Waals surface area contributed by atoms with Crippen molar-refractivity contribution in [3.8, 4) is 11.5 Å². The molecule has 0 unspecified atom stereocenters. The van der Waals surface area contributed by atoms with Crippen LogP contribution in [0.15, 0.2) is 42.5 Å². The maximum absolute atomic E-state index is 13.1. The predicted molar refractivity (Wildman–Crippen MR) is 90.5 cm³/mol. The van der Waals surface area contributed by atoms with Crippen molar-refractivity contribution < 1.29 is 27.4 Å². The molecule has 1 aliphatic rings. The molecule has 4 nitrogen and oxygen atoms in total. The van der Waals surface area contributed by atoms with E-state index in [4.69, 9.17) is 9.47 Å². The Morgan fingerprint density at radius 3 is 2.35 bits per heavy atom. The smallest absolute Gasteiger partial charge is 0.418 e. The first-order chi connectivity index (χ1) is 12.2. The van der Waals surface area contributed by atoms with Crippen molar-refractivity contribution in [2.24, 2.45) is 0 Å². The minimum Gasteiger partial charge on any atom is -0.486 e. The molecule has 1 amide bonds. The van der Waals surface area contributed by atoms with Gasteiger partial charge in [0.25, 0.3) is 0 Å². The molecular formula is C19H18F3NO3. The van der Waals surface area contributed by atoms with E-state index in [1.165, 1.54) is 18.2 Å². The lowest BCUT2D eigenvalue weighted by atomic mass is 9.83. The third kappa shape index (κ3) is 3.47. The molecule has 3 rings (SSSR count). The molecule has 1 N–H and O–H groups in total. The Bertz CT molecular complexity index is 831. The zero-order valence-electron chi connectivity index (χ0n) is 14.3. The summed E-state index contributed by atoms with van der Waals surface area (Å²) in [5.41, 5.74) is -1.61. The fourth-order valence-corrected chi connectivity index (χ4v) is 2.68. The molecule has 138 valence electrons. The minimum absolute atomic E-state index is 0.268. The monoisotopic (exact) mass is 365 g/mol. The van der Waals surface area contributed by atoms with Gasteiger partial charge in [0, 0.05) is 0 Å². The fourth-order valence-electron chi connectivity index (χ4n) is 2.68. The van der Waals surface area contributed by atoms with Crippen molar-refractivity contribution >= 4 is 11.6 Å². The predicted octanol–water partition coefficient (Wildman–Crippen LogP) is 4.39. The summed E-state index contributed by atoms with van der Waals surface area (Å²) in [4.78, 5) is 12.7. The normalized spacial score (nSPS) is 14.0. The van der Waals surface area contributed by atoms with Crippen LogP contribution in [0.3, 0.4) is 0 Å². The van der Waals surface area contributed by atoms with Crippen LogP contribution in [0, 0.1) is 0 Å². The molecule has 0 bridgehead atoms. The first-order valence-corrected chi connectivity index (χ1v) is 8.07. The van der Waals surface area contributed by atoms with Crippen LogP contribution in [0.1, 0.15) is 25.0 Å². The molecule has 0 atom stereocenters. The molecule has 7 heteroatoms. The second-order valence-corrected chi connectivity index (χ2v) is 6.48. The number of hydrogen-bond donors (Lipinski definition) is 1. The molecule has 0 saturated carbocycles. The average molecular weight is 365 g/mol. The van der Waals surface area contributed by atoms with Gasteiger partial charge < -0.3 is 14.8 Å². The van der Waals surface area contributed by atoms with E-state index < -0.39 is 23.1 Å². The van der Waals surface area contributed by atoms with Crippen molar-refractivity contribution in [1.82, 2.24) is 0 Å². The first kappa shape index (κ1) is 18.1. The maximum Gasteiger partial charge on any atom is 0.418 e. The maximum atomic E-state index is 13.1. The standard InChI is InChI=1S/C19H18F3NO3/c1-18(2,12-7-8-15-16(11-12)26-10-9-25-15)17(24)23-14-6-4-3-5-13(14)19(20,21)22/h3-8,11H,9-10H2,1-2H3,(H,23,24). The summed E-state index contributed by atoms with van der Waals surface area (Å²) in [7, 11) is 0. The summed E-state index contributed by atoms with van der Waals surface area (Å²) in [5.74, 6) is 0.551. The average Bonchev–Trinajstić information content (AvgIpc) is 2.60. The summed E-state index contributed by atoms with van der Waals surface area (Å²) in [6.07, 6.45) is -4.55. The Morgan fingerprint density at radius 2 is 1.65 bits per heavy atom. The van der Waals surface area contributed by atoms with E-state index in [0.717, 1.165) is 6.07 Å². The molecule has 0 saturated heterocycles. The lowest BCUT2D eigenvalue weighted by molar-refractivity contribution is -0.137. The zero-order valence-corrected chi connectivity index (χ0v) is 14.3. The number of alkyl halides is 3. The van der Waals surface area contributed by atoms with Gasteiger partial charge in [0.05, 0.1) is 16.7 Å². The van der Waals surface area contributed by atoms with Crippen molar-refractivity contribution in [3.05, 3.63) is 53.6 Å². The number of ether oxygens (including phenoxy) is 2. The highest BCUT2D eigenvalue weighted by Gasteiger charge is 2.36. The lowest BCUT2D eigenvalue weighted by Gasteiger charge is -2.27. The van der Waals surface area contributed by atoms with Gasteiger partial charge in [-0.15, -0.1) is 0 Å². The summed E-state index contributed by atoms with van der Waals surface area (Å²) in [5, 5.41) is 2.40. The third-order valence-electron chi connectivity index (χ3n) is 4.31. The highest BCUT2D eigenvalue weighted by atomic mass is 19.4. The van der Waals surface area contributed by atoms with Gasteiger partial charge in [-0.25, -0.2) is 0 Å². The van der Waals surface area contributed by atoms with E-state index in [1.807, 2.05) is 0 Å². The first-order valence-electron chi connectivity index (χ1n) is 8.07. The highest BCUT2D eigenvalue weighted by molar-refractivity contribution is 5.99. The molecule has 2 aromatic carbocycles. The molecule has 2 aromatic rings. The number of rotatable bonds is 3. The van der Waals surface area contributed by atoms with Gasteiger partial charge >= 0.3 is 6.18 Å². The number of benzene rings is 2. The quantitative estimate of drug-likeness (QED) is 0.877. The van der Waals surface area contributed by atoms with Crippen LogP contribution < -0.4 is 14.8 Å². The fraction of sp³-hybridized carbons (Fsp3) is 0.316. The summed E-state index contributed by atoms with van der Waals surface area (Å²) in [6, 6.07) is 9.99. The molecule has 0 spiro atoms. The molecule has 0 radical (unpaired) electrons. The van der Waals surface area contributed by atoms with Crippen LogP contribution in [-0.2, 0) is 16.4 Å². The molecule has 1 heterocycles. The van der Waals surface area contributed by atoms with E-state index >= 15 is 0 Å². The number of para-hydroxylation sites is 1. The van der Waals surface area contributed by atoms with Crippen LogP contribution >= 0.6 is 0 Å². The van der Waals surface area contributed by atoms with E-state index in [-0.39, 0.29) is 5.69 Å². The Morgan fingerprint density at radius 1 is 1.00 bits per heavy atom. The van der Waals surface area contributed by atoms with Crippen LogP contribution in [0.25, 0.3) is 0 Å². The van der Waals surface area contributed by atoms with Gasteiger partial charge in [-0.1, -0.05) is 18.2 Å². The van der Waals surface area contributed by atoms with E-state index in [9.17, 15) is 18.0 Å². The third-order valence-corrected chi connectivity index (χ3v) is 4.31. The lowest BCUT2D eigenvalue weighted by Crippen LogP contribution is -2.35. The summed E-state index contributed by atoms with van der Waals surface area (Å²) in [6.45, 7) is 4.14. The number of carbonyl (C=O) groups is 1. The van der Waals surface area contributed by atoms with E-state index in [0.29, 0.717) is 30.3 Å². The van der Waals surface area contributed by atoms with Crippen molar-refractivity contribution in [2.75, 3.05) is 18.5 Å². The van der Waals surface area contributed by atoms with Crippen molar-refractivity contribution in [1.29, 1.82) is 0 Å². The Hall–Kier alpha value is -2.70. The second-order valence-electron chi connectivity index (χ2n) is 6.48. The Kier molecular flexibility index (Phi) is 4.56. The van der Waals surface area contributed by atoms with Gasteiger partial charge in [0.15, 0.2) is 11.5 Å². The van der Waals surface area contributed by atoms with E-state index in [1.54, 1.807) is 32.0 Å². The van der Waals surface area contributed by atoms with E-state index in [2.05, 4.69) is 5.32 Å². The summed E-state index contributed by atoms with van der Waals surface area (Å²) >= 11 is 0. The van der Waals surface area contributed by atoms with Gasteiger partial charge in [-0.05, 0) is 43.7 Å². The number of nitrogens with one attached hydrogen (secondary N) is 1. The van der Waals surface area contributed by atoms with Gasteiger partial charge in [-0.2, -0.15) is 13.2 Å². The van der Waals surface area contributed by atoms with Crippen molar-refractivity contribution in [3.63, 3.8) is 0 Å². The molecular weight excluding hydrogens is 347 g/mol. The SMILES string of the molecule is CC(C)(C(=O)Nc1ccccc1C(F)(F)F)c1ccc2c(c1)OCCO2. The number of hydrogen-bond acceptors (Lipinski definition) is 3. The molecule has 0 aliphatic carbocycles. The summed E-state index contributed by atoms with van der Waals surface area (Å²) < 4.78 is 50.3. The Balaban J connectivity index is 1.88. The topological polar surface area (TPSA) is 47.6 Å². The highest BCUT2D eigenvalue weighted by Crippen LogP contribution is 2.37. The molecule has 0 aromatic heterocycles. The minimum atomic E-state index is -4.55.